The number of nitrogens with zero attached hydrogens (tertiary/aromatic N) is 2. The second-order valence-corrected chi connectivity index (χ2v) is 18.2. The number of benzene rings is 2. The summed E-state index contributed by atoms with van der Waals surface area (Å²) >= 11 is 0. The minimum absolute atomic E-state index is 0. The summed E-state index contributed by atoms with van der Waals surface area (Å²) in [5.74, 6) is 8.00. The zero-order chi connectivity index (χ0) is 39.1. The summed E-state index contributed by atoms with van der Waals surface area (Å²) in [6, 6.07) is 8.95. The van der Waals surface area contributed by atoms with Gasteiger partial charge in [-0.25, -0.2) is 21.6 Å². The quantitative estimate of drug-likeness (QED) is 0.0851. The van der Waals surface area contributed by atoms with Crippen LogP contribution in [0.3, 0.4) is 0 Å². The molecule has 4 aliphatic rings. The number of hydrogen-bond donors (Lipinski definition) is 1. The minimum atomic E-state index is -4.67. The Morgan fingerprint density at radius 1 is 0.927 bits per heavy atom. The molecule has 0 saturated heterocycles. The Hall–Kier alpha value is -3.22. The second-order valence-electron chi connectivity index (χ2n) is 15.4. The number of alkyl carbamates (subject to hydrolysis) is 1. The molecule has 11 nitrogen and oxygen atoms in total. The average molecular weight is 798 g/mol. The van der Waals surface area contributed by atoms with Crippen molar-refractivity contribution < 1.29 is 69.6 Å². The van der Waals surface area contributed by atoms with Gasteiger partial charge in [-0.15, -0.1) is 11.8 Å². The molecule has 1 fully saturated rings. The molecule has 1 amide bonds. The van der Waals surface area contributed by atoms with Crippen LogP contribution in [0.1, 0.15) is 77.8 Å². The molecule has 2 aromatic rings. The molecule has 6 rings (SSSR count). The van der Waals surface area contributed by atoms with Gasteiger partial charge < -0.3 is 24.1 Å². The first-order chi connectivity index (χ1) is 25.5. The summed E-state index contributed by atoms with van der Waals surface area (Å²) in [6.07, 6.45) is 13.7. The molecular weight excluding hydrogens is 750 g/mol. The maximum Gasteiger partial charge on any atom is 1.00 e. The van der Waals surface area contributed by atoms with Gasteiger partial charge in [0.15, 0.2) is 12.3 Å². The van der Waals surface area contributed by atoms with E-state index >= 15 is 0 Å². The summed E-state index contributed by atoms with van der Waals surface area (Å²) in [7, 11) is -9.27. The number of rotatable bonds is 12. The Kier molecular flexibility index (Phi) is 13.0. The average Bonchev–Trinajstić information content (AvgIpc) is 3.61. The van der Waals surface area contributed by atoms with Gasteiger partial charge in [0.05, 0.1) is 21.8 Å². The summed E-state index contributed by atoms with van der Waals surface area (Å²) in [6.45, 7) is 11.9. The maximum atomic E-state index is 12.6. The van der Waals surface area contributed by atoms with Crippen LogP contribution in [0, 0.1) is 29.6 Å². The Balaban J connectivity index is 0.00000580. The van der Waals surface area contributed by atoms with Crippen LogP contribution in [0.5, 0.6) is 0 Å². The zero-order valence-electron chi connectivity index (χ0n) is 32.4. The first-order valence-electron chi connectivity index (χ1n) is 18.5. The van der Waals surface area contributed by atoms with E-state index < -0.39 is 37.2 Å². The van der Waals surface area contributed by atoms with Gasteiger partial charge >= 0.3 is 35.7 Å². The van der Waals surface area contributed by atoms with Gasteiger partial charge in [0.25, 0.3) is 0 Å². The predicted molar refractivity (Wildman–Crippen MR) is 205 cm³/mol. The van der Waals surface area contributed by atoms with Crippen molar-refractivity contribution in [1.29, 1.82) is 0 Å². The number of anilines is 1. The molecule has 2 heterocycles. The largest absolute Gasteiger partial charge is 1.00 e. The summed E-state index contributed by atoms with van der Waals surface area (Å²) in [5.41, 5.74) is 3.73. The van der Waals surface area contributed by atoms with Gasteiger partial charge in [0.2, 0.25) is 5.69 Å². The fourth-order valence-corrected chi connectivity index (χ4v) is 9.49. The van der Waals surface area contributed by atoms with Crippen molar-refractivity contribution in [3.63, 3.8) is 0 Å². The number of carbonyl (C=O) groups is 1. The van der Waals surface area contributed by atoms with Crippen LogP contribution < -0.4 is 39.8 Å². The molecule has 1 N–H and O–H groups in total. The molecule has 0 spiro atoms. The number of hydrogen-bond acceptors (Lipinski definition) is 9. The van der Waals surface area contributed by atoms with Crippen molar-refractivity contribution in [2.45, 2.75) is 87.3 Å². The monoisotopic (exact) mass is 797 g/mol. The molecule has 1 saturated carbocycles. The van der Waals surface area contributed by atoms with Gasteiger partial charge in [-0.1, -0.05) is 32.1 Å². The third kappa shape index (κ3) is 9.01. The van der Waals surface area contributed by atoms with Crippen LogP contribution in [0.4, 0.5) is 16.2 Å². The molecule has 0 aromatic heterocycles. The SMILES string of the molecule is CCN1\C(=C/C=C/C=C/C2=[N+](CCCNC(=O)OCC3[C@H]4CCC#CCC[C@@H]34)c3ccc(S(=O)(=O)[O-])cc3C2(C)C)C(C)(C)c2cc(S(=O)(=O)[O-])ccc21.[Na+]. The Bertz CT molecular complexity index is 2230. The summed E-state index contributed by atoms with van der Waals surface area (Å²) < 4.78 is 78.8. The van der Waals surface area contributed by atoms with Gasteiger partial charge in [-0.3, -0.25) is 0 Å². The molecular formula is C41H48N3NaO8S2. The number of ether oxygens (including phenoxy) is 1. The molecule has 2 aromatic carbocycles. The summed E-state index contributed by atoms with van der Waals surface area (Å²) in [5, 5.41) is 2.88. The van der Waals surface area contributed by atoms with Crippen LogP contribution in [0.25, 0.3) is 0 Å². The molecule has 3 atom stereocenters. The fraction of sp³-hybridized carbons (Fsp3) is 0.463. The van der Waals surface area contributed by atoms with Crippen LogP contribution >= 0.6 is 0 Å². The van der Waals surface area contributed by atoms with E-state index in [4.69, 9.17) is 4.74 Å². The smallest absolute Gasteiger partial charge is 0.744 e. The Labute approximate surface area is 347 Å². The zero-order valence-corrected chi connectivity index (χ0v) is 36.1. The molecule has 0 bridgehead atoms. The molecule has 1 unspecified atom stereocenters. The van der Waals surface area contributed by atoms with E-state index in [1.807, 2.05) is 65.0 Å². The fourth-order valence-electron chi connectivity index (χ4n) is 8.49. The van der Waals surface area contributed by atoms with E-state index in [9.17, 15) is 30.7 Å². The maximum absolute atomic E-state index is 12.6. The summed E-state index contributed by atoms with van der Waals surface area (Å²) in [4.78, 5) is 14.1. The molecule has 14 heteroatoms. The van der Waals surface area contributed by atoms with Crippen LogP contribution in [-0.2, 0) is 35.8 Å². The molecule has 2 aliphatic carbocycles. The second kappa shape index (κ2) is 16.7. The van der Waals surface area contributed by atoms with Crippen LogP contribution in [0.2, 0.25) is 0 Å². The molecule has 55 heavy (non-hydrogen) atoms. The van der Waals surface area contributed by atoms with Crippen molar-refractivity contribution in [2.24, 2.45) is 17.8 Å². The first-order valence-corrected chi connectivity index (χ1v) is 21.3. The van der Waals surface area contributed by atoms with E-state index in [0.717, 1.165) is 54.0 Å². The molecule has 2 aliphatic heterocycles. The predicted octanol–water partition coefficient (Wildman–Crippen LogP) is 3.24. The number of carbonyl (C=O) groups excluding carboxylic acids is 1. The number of nitrogens with one attached hydrogen (secondary N) is 1. The van der Waals surface area contributed by atoms with Gasteiger partial charge in [-0.05, 0) is 93.3 Å². The van der Waals surface area contributed by atoms with Crippen molar-refractivity contribution in [3.8, 4) is 11.8 Å². The van der Waals surface area contributed by atoms with Crippen LogP contribution in [-0.4, -0.2) is 68.6 Å². The number of fused-ring (bicyclic) bond motifs is 3. The molecule has 288 valence electrons. The van der Waals surface area contributed by atoms with E-state index in [-0.39, 0.29) is 39.3 Å². The van der Waals surface area contributed by atoms with E-state index in [1.54, 1.807) is 12.1 Å². The van der Waals surface area contributed by atoms with Crippen molar-refractivity contribution >= 4 is 43.4 Å². The van der Waals surface area contributed by atoms with Gasteiger partial charge in [-0.2, -0.15) is 4.58 Å². The van der Waals surface area contributed by atoms with Gasteiger partial charge in [0, 0.05) is 66.9 Å². The van der Waals surface area contributed by atoms with Crippen molar-refractivity contribution in [1.82, 2.24) is 5.32 Å². The van der Waals surface area contributed by atoms with E-state index in [1.165, 1.54) is 24.3 Å². The van der Waals surface area contributed by atoms with Gasteiger partial charge in [0.1, 0.15) is 20.2 Å². The normalized spacial score (nSPS) is 23.0. The number of allylic oxidation sites excluding steroid dienone is 6. The first kappa shape index (κ1) is 42.9. The minimum Gasteiger partial charge on any atom is -0.744 e. The van der Waals surface area contributed by atoms with Crippen LogP contribution in [0.15, 0.2) is 82.3 Å². The number of likely N-dealkylation sites (N-methyl/N-ethyl adjacent to an activating group) is 1. The van der Waals surface area contributed by atoms with E-state index in [2.05, 4.69) is 26.6 Å². The van der Waals surface area contributed by atoms with Crippen molar-refractivity contribution in [2.75, 3.05) is 31.1 Å². The number of amides is 1. The third-order valence-electron chi connectivity index (χ3n) is 11.4. The molecule has 0 radical (unpaired) electrons. The Morgan fingerprint density at radius 3 is 2.16 bits per heavy atom. The Morgan fingerprint density at radius 2 is 1.55 bits per heavy atom. The topological polar surface area (TPSA) is 159 Å². The van der Waals surface area contributed by atoms with Crippen molar-refractivity contribution in [3.05, 3.63) is 83.6 Å². The van der Waals surface area contributed by atoms with E-state index in [0.29, 0.717) is 56.0 Å². The third-order valence-corrected chi connectivity index (χ3v) is 13.1. The standard InChI is InChI=1S/C41H49N3O8S2.Na/c1-6-43-35-21-19-28(53(46,47)48)25-33(35)40(2,3)37(43)17-12-9-13-18-38-41(4,5)34-26-29(54(49,50)51)20-22-36(34)44(38)24-14-23-42-39(45)52-27-32-30-15-10-7-8-11-16-31(30)32;/h9,12-13,17-22,25-26,30-32H,6,10-11,14-16,23-24,27H2,1-5H3,(H2-,42,45,46,47,48,49,50,51);/q;+1/p-1/t30-,31+,32?;.